The van der Waals surface area contributed by atoms with E-state index in [1.54, 1.807) is 7.11 Å². The molecule has 0 saturated heterocycles. The van der Waals surface area contributed by atoms with Gasteiger partial charge in [-0.25, -0.2) is 0 Å². The molecular weight excluding hydrogens is 699 g/mol. The maximum atomic E-state index is 9.87. The van der Waals surface area contributed by atoms with Crippen LogP contribution in [-0.2, 0) is 32.0 Å². The van der Waals surface area contributed by atoms with Crippen molar-refractivity contribution in [3.63, 3.8) is 0 Å². The fraction of sp³-hybridized carbons (Fsp3) is 0.455. The SMILES string of the molecule is COc1cc2ccc1OCCOCCOCCOc1ccccc1OCCOCCOCCOc1ccc(cc1)C[NH2+]C2.F[P-](F)(F)(F)(F)F. The fourth-order valence-corrected chi connectivity index (χ4v) is 4.27. The number of fused-ring (bicyclic) bond motifs is 2. The van der Waals surface area contributed by atoms with Gasteiger partial charge in [0.05, 0.1) is 60.0 Å². The first-order valence-corrected chi connectivity index (χ1v) is 17.8. The molecule has 3 aliphatic heterocycles. The molecule has 2 N–H and O–H groups in total. The number of methoxy groups -OCH3 is 1. The zero-order valence-corrected chi connectivity index (χ0v) is 28.6. The predicted molar refractivity (Wildman–Crippen MR) is 174 cm³/mol. The molecule has 3 heterocycles. The number of rotatable bonds is 1. The van der Waals surface area contributed by atoms with Gasteiger partial charge in [-0.05, 0) is 54.6 Å². The van der Waals surface area contributed by atoms with E-state index in [0.29, 0.717) is 102 Å². The van der Waals surface area contributed by atoms with Gasteiger partial charge in [-0.1, -0.05) is 12.1 Å². The van der Waals surface area contributed by atoms with E-state index >= 15 is 0 Å². The van der Waals surface area contributed by atoms with Gasteiger partial charge in [0.2, 0.25) is 0 Å². The Morgan fingerprint density at radius 3 is 1.38 bits per heavy atom. The van der Waals surface area contributed by atoms with Crippen LogP contribution in [0.4, 0.5) is 25.2 Å². The van der Waals surface area contributed by atoms with Crippen molar-refractivity contribution in [1.82, 2.24) is 0 Å². The number of ether oxygens (including phenoxy) is 9. The van der Waals surface area contributed by atoms with Crippen molar-refractivity contribution >= 4 is 7.81 Å². The monoisotopic (exact) mass is 743 g/mol. The molecular formula is C33H44F6NO9P. The van der Waals surface area contributed by atoms with Gasteiger partial charge in [-0.15, -0.1) is 0 Å². The molecule has 282 valence electrons. The third kappa shape index (κ3) is 20.2. The average molecular weight is 744 g/mol. The van der Waals surface area contributed by atoms with Crippen LogP contribution in [0.15, 0.2) is 66.7 Å². The Balaban J connectivity index is 0.000000872. The van der Waals surface area contributed by atoms with Gasteiger partial charge in [0, 0.05) is 11.1 Å². The van der Waals surface area contributed by atoms with Crippen molar-refractivity contribution in [2.45, 2.75) is 13.1 Å². The molecule has 0 unspecified atom stereocenters. The van der Waals surface area contributed by atoms with Crippen molar-refractivity contribution in [3.05, 3.63) is 77.9 Å². The van der Waals surface area contributed by atoms with Gasteiger partial charge >= 0.3 is 33.0 Å². The van der Waals surface area contributed by atoms with Crippen molar-refractivity contribution in [3.8, 4) is 28.7 Å². The summed E-state index contributed by atoms with van der Waals surface area (Å²) in [5.74, 6) is 3.57. The molecule has 50 heavy (non-hydrogen) atoms. The second-order valence-electron chi connectivity index (χ2n) is 10.6. The van der Waals surface area contributed by atoms with Crippen molar-refractivity contribution in [2.75, 3.05) is 86.4 Å². The molecule has 17 heteroatoms. The quantitative estimate of drug-likeness (QED) is 0.218. The molecule has 0 radical (unpaired) electrons. The predicted octanol–water partition coefficient (Wildman–Crippen LogP) is 6.64. The van der Waals surface area contributed by atoms with Crippen LogP contribution < -0.4 is 29.0 Å². The molecule has 10 nitrogen and oxygen atoms in total. The summed E-state index contributed by atoms with van der Waals surface area (Å²) in [5, 5.41) is 2.25. The summed E-state index contributed by atoms with van der Waals surface area (Å²) in [6.45, 7) is 7.12. The normalized spacial score (nSPS) is 18.1. The van der Waals surface area contributed by atoms with Crippen LogP contribution >= 0.6 is 7.81 Å². The second-order valence-corrected chi connectivity index (χ2v) is 12.5. The van der Waals surface area contributed by atoms with Crippen molar-refractivity contribution in [2.24, 2.45) is 0 Å². The Hall–Kier alpha value is -3.53. The second kappa shape index (κ2) is 19.8. The number of quaternary nitrogens is 1. The van der Waals surface area contributed by atoms with Gasteiger partial charge in [0.25, 0.3) is 0 Å². The van der Waals surface area contributed by atoms with Crippen LogP contribution in [0.3, 0.4) is 0 Å². The van der Waals surface area contributed by atoms with E-state index in [1.165, 1.54) is 5.56 Å². The number of hydrogen-bond acceptors (Lipinski definition) is 9. The first kappa shape index (κ1) is 40.9. The van der Waals surface area contributed by atoms with E-state index in [0.717, 1.165) is 24.4 Å². The zero-order chi connectivity index (χ0) is 36.2. The van der Waals surface area contributed by atoms with E-state index in [4.69, 9.17) is 42.6 Å². The Morgan fingerprint density at radius 2 is 0.900 bits per heavy atom. The summed E-state index contributed by atoms with van der Waals surface area (Å²) < 4.78 is 111. The topological polar surface area (TPSA) is 99.7 Å². The minimum atomic E-state index is -10.7. The molecule has 4 bridgehead atoms. The summed E-state index contributed by atoms with van der Waals surface area (Å²) in [6.07, 6.45) is 0. The summed E-state index contributed by atoms with van der Waals surface area (Å²) in [5.41, 5.74) is 2.38. The maximum absolute atomic E-state index is 10.7. The van der Waals surface area contributed by atoms with E-state index in [1.807, 2.05) is 48.5 Å². The van der Waals surface area contributed by atoms with E-state index in [2.05, 4.69) is 23.5 Å². The number of benzene rings is 3. The van der Waals surface area contributed by atoms with Crippen LogP contribution in [0.25, 0.3) is 0 Å². The Labute approximate surface area is 287 Å². The fourth-order valence-electron chi connectivity index (χ4n) is 4.27. The van der Waals surface area contributed by atoms with Gasteiger partial charge in [0.15, 0.2) is 23.0 Å². The number of hydrogen-bond donors (Lipinski definition) is 1. The Bertz CT molecular complexity index is 1390. The van der Waals surface area contributed by atoms with Crippen LogP contribution in [0.1, 0.15) is 11.1 Å². The van der Waals surface area contributed by atoms with Gasteiger partial charge in [-0.2, -0.15) is 0 Å². The molecule has 0 fully saturated rings. The van der Waals surface area contributed by atoms with Gasteiger partial charge < -0.3 is 47.9 Å². The van der Waals surface area contributed by atoms with Crippen molar-refractivity contribution < 1.29 is 73.1 Å². The standard InChI is InChI=1S/C33H43NO9.F6P/c1-35-33-24-28-8-11-32(33)43-23-19-39-15-14-38-18-22-42-31-5-3-2-4-30(31)41-21-17-37-13-12-36-16-20-40-29-9-6-27(7-10-29)25-34-26-28;1-7(2,3,4,5)6/h2-11,24,34H,12-23,25-26H2,1H3;/q;-1/p+1. The van der Waals surface area contributed by atoms with E-state index < -0.39 is 7.81 Å². The van der Waals surface area contributed by atoms with Gasteiger partial charge in [0.1, 0.15) is 45.3 Å². The van der Waals surface area contributed by atoms with Crippen molar-refractivity contribution in [1.29, 1.82) is 0 Å². The third-order valence-corrected chi connectivity index (χ3v) is 6.46. The Morgan fingerprint density at radius 1 is 0.500 bits per heavy atom. The summed E-state index contributed by atoms with van der Waals surface area (Å²) in [6, 6.07) is 21.7. The van der Waals surface area contributed by atoms with Crippen LogP contribution in [-0.4, -0.2) is 86.4 Å². The summed E-state index contributed by atoms with van der Waals surface area (Å²) >= 11 is 0. The zero-order valence-electron chi connectivity index (χ0n) is 27.7. The summed E-state index contributed by atoms with van der Waals surface area (Å²) in [7, 11) is -9.01. The molecule has 0 atom stereocenters. The molecule has 0 spiro atoms. The molecule has 3 aromatic rings. The number of halogens is 6. The first-order valence-electron chi connectivity index (χ1n) is 15.8. The molecule has 0 amide bonds. The molecule has 6 rings (SSSR count). The molecule has 0 aliphatic carbocycles. The van der Waals surface area contributed by atoms with Crippen LogP contribution in [0.2, 0.25) is 0 Å². The first-order chi connectivity index (χ1) is 23.8. The van der Waals surface area contributed by atoms with E-state index in [9.17, 15) is 25.2 Å². The number of para-hydroxylation sites is 2. The molecule has 3 aliphatic rings. The summed E-state index contributed by atoms with van der Waals surface area (Å²) in [4.78, 5) is 0. The van der Waals surface area contributed by atoms with Crippen LogP contribution in [0, 0.1) is 0 Å². The number of nitrogens with two attached hydrogens (primary N) is 1. The van der Waals surface area contributed by atoms with Gasteiger partial charge in [-0.3, -0.25) is 0 Å². The van der Waals surface area contributed by atoms with E-state index in [-0.39, 0.29) is 0 Å². The molecule has 3 aromatic carbocycles. The average Bonchev–Trinajstić information content (AvgIpc) is 3.06. The van der Waals surface area contributed by atoms with Crippen LogP contribution in [0.5, 0.6) is 28.7 Å². The minimum absolute atomic E-state index is 0.403. The molecule has 0 saturated carbocycles. The Kier molecular flexibility index (Phi) is 16.2. The third-order valence-electron chi connectivity index (χ3n) is 6.46. The molecule has 0 aromatic heterocycles.